The number of methoxy groups -OCH3 is 2. The van der Waals surface area contributed by atoms with E-state index in [1.54, 1.807) is 38.3 Å². The lowest BCUT2D eigenvalue weighted by molar-refractivity contribution is 0.0990. The smallest absolute Gasteiger partial charge is 0.258 e. The van der Waals surface area contributed by atoms with Crippen LogP contribution in [0.15, 0.2) is 72.8 Å². The number of benzene rings is 3. The second-order valence-electron chi connectivity index (χ2n) is 6.16. The summed E-state index contributed by atoms with van der Waals surface area (Å²) in [4.78, 5) is 14.7. The van der Waals surface area contributed by atoms with E-state index in [1.165, 1.54) is 0 Å². The van der Waals surface area contributed by atoms with E-state index in [0.29, 0.717) is 29.4 Å². The van der Waals surface area contributed by atoms with Crippen molar-refractivity contribution in [3.63, 3.8) is 0 Å². The fraction of sp³-hybridized carbons (Fsp3) is 0.174. The predicted molar refractivity (Wildman–Crippen MR) is 109 cm³/mol. The molecule has 1 amide bonds. The summed E-state index contributed by atoms with van der Waals surface area (Å²) in [6.45, 7) is 0.311. The van der Waals surface area contributed by atoms with Crippen LogP contribution in [0.4, 0.5) is 5.69 Å². The van der Waals surface area contributed by atoms with Gasteiger partial charge in [-0.15, -0.1) is 0 Å². The van der Waals surface area contributed by atoms with Crippen molar-refractivity contribution >= 4 is 11.6 Å². The van der Waals surface area contributed by atoms with Crippen molar-refractivity contribution in [1.82, 2.24) is 0 Å². The molecule has 3 aromatic carbocycles. The van der Waals surface area contributed by atoms with Crippen molar-refractivity contribution < 1.29 is 19.0 Å². The third-order valence-electron chi connectivity index (χ3n) is 4.44. The van der Waals surface area contributed by atoms with Crippen LogP contribution in [0.2, 0.25) is 0 Å². The largest absolute Gasteiger partial charge is 0.493 e. The van der Waals surface area contributed by atoms with Gasteiger partial charge in [-0.1, -0.05) is 36.4 Å². The number of para-hydroxylation sites is 1. The Kier molecular flexibility index (Phi) is 6.17. The van der Waals surface area contributed by atoms with E-state index in [9.17, 15) is 4.79 Å². The monoisotopic (exact) mass is 377 g/mol. The SMILES string of the molecule is COc1ccc(N(C)C(=O)c2ccccc2COc2ccccc2)cc1OC. The molecule has 0 N–H and O–H groups in total. The van der Waals surface area contributed by atoms with Gasteiger partial charge in [0.05, 0.1) is 14.2 Å². The maximum absolute atomic E-state index is 13.1. The summed E-state index contributed by atoms with van der Waals surface area (Å²) >= 11 is 0. The highest BCUT2D eigenvalue weighted by molar-refractivity contribution is 6.06. The summed E-state index contributed by atoms with van der Waals surface area (Å²) in [6, 6.07) is 22.4. The molecule has 0 saturated carbocycles. The van der Waals surface area contributed by atoms with Gasteiger partial charge < -0.3 is 19.1 Å². The van der Waals surface area contributed by atoms with Gasteiger partial charge in [0, 0.05) is 29.9 Å². The maximum Gasteiger partial charge on any atom is 0.258 e. The van der Waals surface area contributed by atoms with Crippen molar-refractivity contribution in [3.8, 4) is 17.2 Å². The van der Waals surface area contributed by atoms with Crippen LogP contribution in [0, 0.1) is 0 Å². The molecule has 0 aromatic heterocycles. The minimum Gasteiger partial charge on any atom is -0.493 e. The maximum atomic E-state index is 13.1. The highest BCUT2D eigenvalue weighted by Gasteiger charge is 2.18. The quantitative estimate of drug-likeness (QED) is 0.606. The van der Waals surface area contributed by atoms with Crippen molar-refractivity contribution in [2.45, 2.75) is 6.61 Å². The van der Waals surface area contributed by atoms with Gasteiger partial charge in [-0.25, -0.2) is 0 Å². The summed E-state index contributed by atoms with van der Waals surface area (Å²) < 4.78 is 16.4. The lowest BCUT2D eigenvalue weighted by Gasteiger charge is -2.20. The first kappa shape index (κ1) is 19.3. The molecule has 0 aliphatic carbocycles. The molecule has 28 heavy (non-hydrogen) atoms. The molecule has 0 atom stereocenters. The second-order valence-corrected chi connectivity index (χ2v) is 6.16. The zero-order valence-corrected chi connectivity index (χ0v) is 16.2. The number of ether oxygens (including phenoxy) is 3. The average molecular weight is 377 g/mol. The molecule has 0 fully saturated rings. The predicted octanol–water partition coefficient (Wildman–Crippen LogP) is 4.56. The Balaban J connectivity index is 1.82. The molecule has 5 heteroatoms. The third kappa shape index (κ3) is 4.26. The number of rotatable bonds is 7. The summed E-state index contributed by atoms with van der Waals surface area (Å²) in [5, 5.41) is 0. The Hall–Kier alpha value is -3.47. The number of carbonyl (C=O) groups excluding carboxylic acids is 1. The molecule has 144 valence electrons. The first-order chi connectivity index (χ1) is 13.6. The Labute approximate surface area is 165 Å². The standard InChI is InChI=1S/C23H23NO4/c1-24(18-13-14-21(26-2)22(15-18)27-3)23(25)20-12-8-7-9-17(20)16-28-19-10-5-4-6-11-19/h4-15H,16H2,1-3H3. The van der Waals surface area contributed by atoms with E-state index < -0.39 is 0 Å². The van der Waals surface area contributed by atoms with Gasteiger partial charge in [-0.05, 0) is 30.3 Å². The van der Waals surface area contributed by atoms with Crippen LogP contribution >= 0.6 is 0 Å². The Morgan fingerprint density at radius 2 is 1.54 bits per heavy atom. The summed E-state index contributed by atoms with van der Waals surface area (Å²) in [7, 11) is 4.88. The molecule has 3 rings (SSSR count). The lowest BCUT2D eigenvalue weighted by Crippen LogP contribution is -2.27. The zero-order chi connectivity index (χ0) is 19.9. The van der Waals surface area contributed by atoms with Crippen molar-refractivity contribution in [2.75, 3.05) is 26.2 Å². The zero-order valence-electron chi connectivity index (χ0n) is 16.2. The molecule has 0 radical (unpaired) electrons. The highest BCUT2D eigenvalue weighted by Crippen LogP contribution is 2.31. The first-order valence-electron chi connectivity index (χ1n) is 8.90. The third-order valence-corrected chi connectivity index (χ3v) is 4.44. The Morgan fingerprint density at radius 3 is 2.25 bits per heavy atom. The fourth-order valence-electron chi connectivity index (χ4n) is 2.86. The fourth-order valence-corrected chi connectivity index (χ4v) is 2.86. The summed E-state index contributed by atoms with van der Waals surface area (Å²) in [5.74, 6) is 1.82. The number of nitrogens with zero attached hydrogens (tertiary/aromatic N) is 1. The van der Waals surface area contributed by atoms with Gasteiger partial charge in [0.25, 0.3) is 5.91 Å². The van der Waals surface area contributed by atoms with Gasteiger partial charge in [0.15, 0.2) is 11.5 Å². The van der Waals surface area contributed by atoms with Crippen molar-refractivity contribution in [2.24, 2.45) is 0 Å². The minimum atomic E-state index is -0.125. The van der Waals surface area contributed by atoms with Crippen LogP contribution in [0.25, 0.3) is 0 Å². The molecule has 0 aliphatic heterocycles. The van der Waals surface area contributed by atoms with Gasteiger partial charge in [-0.3, -0.25) is 4.79 Å². The number of amides is 1. The summed E-state index contributed by atoms with van der Waals surface area (Å²) in [6.07, 6.45) is 0. The van der Waals surface area contributed by atoms with Gasteiger partial charge in [0.2, 0.25) is 0 Å². The molecule has 3 aromatic rings. The Morgan fingerprint density at radius 1 is 0.857 bits per heavy atom. The minimum absolute atomic E-state index is 0.125. The van der Waals surface area contributed by atoms with Crippen LogP contribution in [-0.2, 0) is 6.61 Å². The number of hydrogen-bond acceptors (Lipinski definition) is 4. The van der Waals surface area contributed by atoms with E-state index >= 15 is 0 Å². The number of hydrogen-bond donors (Lipinski definition) is 0. The van der Waals surface area contributed by atoms with Crippen LogP contribution in [0.3, 0.4) is 0 Å². The van der Waals surface area contributed by atoms with Crippen molar-refractivity contribution in [1.29, 1.82) is 0 Å². The lowest BCUT2D eigenvalue weighted by atomic mass is 10.1. The molecule has 0 heterocycles. The second kappa shape index (κ2) is 8.95. The van der Waals surface area contributed by atoms with E-state index in [1.807, 2.05) is 60.7 Å². The van der Waals surface area contributed by atoms with Gasteiger partial charge >= 0.3 is 0 Å². The van der Waals surface area contributed by atoms with E-state index in [0.717, 1.165) is 11.3 Å². The molecule has 0 bridgehead atoms. The van der Waals surface area contributed by atoms with Crippen molar-refractivity contribution in [3.05, 3.63) is 83.9 Å². The van der Waals surface area contributed by atoms with Crippen LogP contribution in [-0.4, -0.2) is 27.2 Å². The summed E-state index contributed by atoms with van der Waals surface area (Å²) in [5.41, 5.74) is 2.13. The normalized spacial score (nSPS) is 10.2. The molecular weight excluding hydrogens is 354 g/mol. The molecule has 0 saturated heterocycles. The van der Waals surface area contributed by atoms with E-state index in [4.69, 9.17) is 14.2 Å². The molecule has 0 aliphatic rings. The van der Waals surface area contributed by atoms with Gasteiger partial charge in [-0.2, -0.15) is 0 Å². The van der Waals surface area contributed by atoms with Crippen LogP contribution in [0.5, 0.6) is 17.2 Å². The van der Waals surface area contributed by atoms with E-state index in [2.05, 4.69) is 0 Å². The van der Waals surface area contributed by atoms with Crippen LogP contribution in [0.1, 0.15) is 15.9 Å². The van der Waals surface area contributed by atoms with E-state index in [-0.39, 0.29) is 5.91 Å². The highest BCUT2D eigenvalue weighted by atomic mass is 16.5. The topological polar surface area (TPSA) is 48.0 Å². The van der Waals surface area contributed by atoms with Crippen LogP contribution < -0.4 is 19.1 Å². The molecule has 5 nitrogen and oxygen atoms in total. The molecular formula is C23H23NO4. The molecule has 0 spiro atoms. The first-order valence-corrected chi connectivity index (χ1v) is 8.90. The number of carbonyl (C=O) groups is 1. The van der Waals surface area contributed by atoms with Gasteiger partial charge in [0.1, 0.15) is 12.4 Å². The molecule has 0 unspecified atom stereocenters. The Bertz CT molecular complexity index is 940. The average Bonchev–Trinajstić information content (AvgIpc) is 2.77. The number of anilines is 1.